The van der Waals surface area contributed by atoms with Crippen molar-refractivity contribution in [1.82, 2.24) is 4.98 Å². The van der Waals surface area contributed by atoms with Gasteiger partial charge in [-0.1, -0.05) is 18.2 Å². The van der Waals surface area contributed by atoms with Crippen LogP contribution < -0.4 is 9.80 Å². The highest BCUT2D eigenvalue weighted by Gasteiger charge is 2.19. The molecule has 3 aromatic rings. The predicted molar refractivity (Wildman–Crippen MR) is 99.7 cm³/mol. The first kappa shape index (κ1) is 17.1. The number of para-hydroxylation sites is 1. The zero-order valence-electron chi connectivity index (χ0n) is 14.6. The number of rotatable bonds is 5. The van der Waals surface area contributed by atoms with Crippen LogP contribution in [0.4, 0.5) is 26.0 Å². The zero-order valence-corrected chi connectivity index (χ0v) is 14.6. The van der Waals surface area contributed by atoms with Crippen molar-refractivity contribution >= 4 is 28.0 Å². The van der Waals surface area contributed by atoms with Gasteiger partial charge in [-0.15, -0.1) is 0 Å². The van der Waals surface area contributed by atoms with Crippen molar-refractivity contribution in [2.45, 2.75) is 13.8 Å². The van der Waals surface area contributed by atoms with Gasteiger partial charge in [0.15, 0.2) is 0 Å². The summed E-state index contributed by atoms with van der Waals surface area (Å²) in [4.78, 5) is 8.39. The normalized spacial score (nSPS) is 10.9. The molecule has 0 saturated carbocycles. The quantitative estimate of drug-likeness (QED) is 0.641. The molecule has 1 aromatic heterocycles. The number of benzene rings is 2. The van der Waals surface area contributed by atoms with Gasteiger partial charge in [-0.2, -0.15) is 0 Å². The third-order valence-corrected chi connectivity index (χ3v) is 4.43. The van der Waals surface area contributed by atoms with Crippen LogP contribution in [0.2, 0.25) is 0 Å². The second kappa shape index (κ2) is 7.05. The van der Waals surface area contributed by atoms with Crippen LogP contribution in [0.1, 0.15) is 13.8 Å². The Labute approximate surface area is 146 Å². The van der Waals surface area contributed by atoms with E-state index in [-0.39, 0.29) is 0 Å². The largest absolute Gasteiger partial charge is 0.357 e. The summed E-state index contributed by atoms with van der Waals surface area (Å²) < 4.78 is 28.6. The fourth-order valence-electron chi connectivity index (χ4n) is 3.09. The third kappa shape index (κ3) is 3.14. The number of anilines is 3. The Kier molecular flexibility index (Phi) is 4.83. The molecule has 0 bridgehead atoms. The lowest BCUT2D eigenvalue weighted by molar-refractivity contribution is 0.592. The van der Waals surface area contributed by atoms with E-state index >= 15 is 0 Å². The molecule has 0 aliphatic rings. The molecule has 0 N–H and O–H groups in total. The lowest BCUT2D eigenvalue weighted by Crippen LogP contribution is -2.23. The van der Waals surface area contributed by atoms with Gasteiger partial charge in [0.25, 0.3) is 0 Å². The minimum Gasteiger partial charge on any atom is -0.357 e. The van der Waals surface area contributed by atoms with Crippen molar-refractivity contribution in [3.8, 4) is 0 Å². The first-order chi connectivity index (χ1) is 12.1. The molecule has 0 saturated heterocycles. The summed E-state index contributed by atoms with van der Waals surface area (Å²) in [5.74, 6) is -0.577. The minimum atomic E-state index is -0.597. The molecule has 1 heterocycles. The Morgan fingerprint density at radius 3 is 2.32 bits per heavy atom. The minimum absolute atomic E-state index is 0.379. The van der Waals surface area contributed by atoms with Crippen molar-refractivity contribution < 1.29 is 8.78 Å². The maximum absolute atomic E-state index is 14.7. The van der Waals surface area contributed by atoms with Gasteiger partial charge in [0, 0.05) is 42.7 Å². The summed E-state index contributed by atoms with van der Waals surface area (Å²) in [6, 6.07) is 11.9. The second-order valence-corrected chi connectivity index (χ2v) is 5.84. The van der Waals surface area contributed by atoms with Crippen LogP contribution in [-0.4, -0.2) is 25.1 Å². The van der Waals surface area contributed by atoms with E-state index in [9.17, 15) is 8.78 Å². The summed E-state index contributed by atoms with van der Waals surface area (Å²) in [5.41, 5.74) is 1.51. The fraction of sp³-hybridized carbons (Fsp3) is 0.250. The Balaban J connectivity index is 2.26. The maximum atomic E-state index is 14.7. The van der Waals surface area contributed by atoms with Crippen LogP contribution >= 0.6 is 0 Å². The number of pyridine rings is 1. The van der Waals surface area contributed by atoms with Gasteiger partial charge < -0.3 is 9.80 Å². The summed E-state index contributed by atoms with van der Waals surface area (Å²) in [6.45, 7) is 5.42. The first-order valence-corrected chi connectivity index (χ1v) is 8.38. The fourth-order valence-corrected chi connectivity index (χ4v) is 3.09. The number of halogens is 2. The molecule has 0 aliphatic carbocycles. The van der Waals surface area contributed by atoms with E-state index in [2.05, 4.69) is 4.98 Å². The molecule has 0 spiro atoms. The average molecular weight is 341 g/mol. The monoisotopic (exact) mass is 341 g/mol. The van der Waals surface area contributed by atoms with E-state index in [4.69, 9.17) is 0 Å². The van der Waals surface area contributed by atoms with Crippen molar-refractivity contribution in [2.24, 2.45) is 0 Å². The number of aromatic nitrogens is 1. The maximum Gasteiger partial charge on any atom is 0.136 e. The Bertz CT molecular complexity index is 877. The van der Waals surface area contributed by atoms with Crippen molar-refractivity contribution in [1.29, 1.82) is 0 Å². The Morgan fingerprint density at radius 1 is 1.00 bits per heavy atom. The summed E-state index contributed by atoms with van der Waals surface area (Å²) in [7, 11) is 1.85. The molecule has 2 aromatic carbocycles. The van der Waals surface area contributed by atoms with Gasteiger partial charge in [0.2, 0.25) is 0 Å². The second-order valence-electron chi connectivity index (χ2n) is 5.84. The van der Waals surface area contributed by atoms with E-state index in [0.717, 1.165) is 11.8 Å². The molecule has 0 atom stereocenters. The van der Waals surface area contributed by atoms with Gasteiger partial charge in [-0.3, -0.25) is 0 Å². The smallest absolute Gasteiger partial charge is 0.136 e. The van der Waals surface area contributed by atoms with Crippen molar-refractivity contribution in [3.63, 3.8) is 0 Å². The van der Waals surface area contributed by atoms with E-state index in [1.54, 1.807) is 6.20 Å². The highest BCUT2D eigenvalue weighted by atomic mass is 19.1. The van der Waals surface area contributed by atoms with Crippen LogP contribution in [-0.2, 0) is 0 Å². The molecule has 3 rings (SSSR count). The highest BCUT2D eigenvalue weighted by molar-refractivity contribution is 6.02. The van der Waals surface area contributed by atoms with Gasteiger partial charge >= 0.3 is 0 Å². The molecule has 5 heteroatoms. The highest BCUT2D eigenvalue weighted by Crippen LogP contribution is 2.36. The summed E-state index contributed by atoms with van der Waals surface area (Å²) in [5, 5.41) is 0.867. The average Bonchev–Trinajstić information content (AvgIpc) is 2.63. The number of hydrogen-bond acceptors (Lipinski definition) is 3. The molecule has 25 heavy (non-hydrogen) atoms. The molecule has 0 radical (unpaired) electrons. The molecule has 0 aliphatic heterocycles. The third-order valence-electron chi connectivity index (χ3n) is 4.43. The van der Waals surface area contributed by atoms with E-state index in [0.29, 0.717) is 35.4 Å². The van der Waals surface area contributed by atoms with E-state index in [1.807, 2.05) is 61.0 Å². The van der Waals surface area contributed by atoms with E-state index < -0.39 is 11.6 Å². The van der Waals surface area contributed by atoms with Crippen molar-refractivity contribution in [3.05, 3.63) is 60.3 Å². The van der Waals surface area contributed by atoms with E-state index in [1.165, 1.54) is 6.07 Å². The lowest BCUT2D eigenvalue weighted by atomic mass is 10.1. The molecule has 3 nitrogen and oxygen atoms in total. The van der Waals surface area contributed by atoms with Crippen LogP contribution in [0, 0.1) is 11.6 Å². The molecule has 0 amide bonds. The predicted octanol–water partition coefficient (Wildman–Crippen LogP) is 5.13. The summed E-state index contributed by atoms with van der Waals surface area (Å²) >= 11 is 0. The van der Waals surface area contributed by atoms with Gasteiger partial charge in [0.05, 0.1) is 11.9 Å². The summed E-state index contributed by atoms with van der Waals surface area (Å²) in [6.07, 6.45) is 1.66. The Morgan fingerprint density at radius 2 is 1.68 bits per heavy atom. The van der Waals surface area contributed by atoms with Gasteiger partial charge in [-0.25, -0.2) is 13.8 Å². The number of fused-ring (bicyclic) bond motifs is 1. The lowest BCUT2D eigenvalue weighted by Gasteiger charge is -2.26. The zero-order chi connectivity index (χ0) is 18.0. The van der Waals surface area contributed by atoms with Gasteiger partial charge in [0.1, 0.15) is 17.5 Å². The number of hydrogen-bond donors (Lipinski definition) is 0. The molecule has 0 fully saturated rings. The first-order valence-electron chi connectivity index (χ1n) is 8.38. The standard InChI is InChI=1S/C20H21F2N3/c1-4-25(5-2)20-16-11-14(21)12-17(22)19(16)18(13-23-20)24(3)15-9-7-6-8-10-15/h6-13H,4-5H2,1-3H3. The molecule has 130 valence electrons. The molecular weight excluding hydrogens is 320 g/mol. The molecular formula is C20H21F2N3. The topological polar surface area (TPSA) is 19.4 Å². The van der Waals surface area contributed by atoms with Crippen molar-refractivity contribution in [2.75, 3.05) is 29.9 Å². The van der Waals surface area contributed by atoms with Gasteiger partial charge in [-0.05, 0) is 32.0 Å². The van der Waals surface area contributed by atoms with Crippen LogP contribution in [0.5, 0.6) is 0 Å². The van der Waals surface area contributed by atoms with Crippen LogP contribution in [0.25, 0.3) is 10.8 Å². The molecule has 0 unspecified atom stereocenters. The van der Waals surface area contributed by atoms with Crippen LogP contribution in [0.15, 0.2) is 48.7 Å². The number of nitrogens with zero attached hydrogens (tertiary/aromatic N) is 3. The Hall–Kier alpha value is -2.69. The van der Waals surface area contributed by atoms with Crippen LogP contribution in [0.3, 0.4) is 0 Å². The SMILES string of the molecule is CCN(CC)c1ncc(N(C)c2ccccc2)c2c(F)cc(F)cc12.